The third-order valence-electron chi connectivity index (χ3n) is 3.56. The van der Waals surface area contributed by atoms with E-state index >= 15 is 0 Å². The second kappa shape index (κ2) is 6.47. The predicted molar refractivity (Wildman–Crippen MR) is 92.7 cm³/mol. The Bertz CT molecular complexity index is 755. The zero-order valence-electron chi connectivity index (χ0n) is 14.7. The van der Waals surface area contributed by atoms with Crippen LogP contribution in [0.5, 0.6) is 0 Å². The molecule has 0 atom stereocenters. The van der Waals surface area contributed by atoms with Crippen molar-refractivity contribution < 1.29 is 14.0 Å². The van der Waals surface area contributed by atoms with Gasteiger partial charge in [-0.15, -0.1) is 0 Å². The van der Waals surface area contributed by atoms with Crippen LogP contribution in [0, 0.1) is 6.92 Å². The van der Waals surface area contributed by atoms with E-state index in [4.69, 9.17) is 10.2 Å². The summed E-state index contributed by atoms with van der Waals surface area (Å²) >= 11 is 0. The molecule has 1 aromatic carbocycles. The number of amides is 2. The molecule has 2 aromatic rings. The Morgan fingerprint density at radius 3 is 2.25 bits per heavy atom. The van der Waals surface area contributed by atoms with Crippen molar-refractivity contribution in [3.8, 4) is 0 Å². The minimum Gasteiger partial charge on any atom is -0.444 e. The van der Waals surface area contributed by atoms with Crippen LogP contribution in [0.15, 0.2) is 28.7 Å². The van der Waals surface area contributed by atoms with Crippen LogP contribution in [0.4, 0.5) is 11.4 Å². The van der Waals surface area contributed by atoms with Gasteiger partial charge in [-0.1, -0.05) is 20.8 Å². The van der Waals surface area contributed by atoms with Gasteiger partial charge in [-0.3, -0.25) is 14.5 Å². The first kappa shape index (κ1) is 17.7. The molecule has 6 nitrogen and oxygen atoms in total. The topological polar surface area (TPSA) is 89.4 Å². The predicted octanol–water partition coefficient (Wildman–Crippen LogP) is 2.98. The number of aryl methyl sites for hydroxylation is 1. The normalized spacial score (nSPS) is 11.4. The Morgan fingerprint density at radius 1 is 1.21 bits per heavy atom. The molecule has 1 heterocycles. The number of nitrogens with two attached hydrogens (primary N) is 1. The van der Waals surface area contributed by atoms with Gasteiger partial charge in [-0.25, -0.2) is 4.98 Å². The smallest absolute Gasteiger partial charge is 0.241 e. The number of nitrogen functional groups attached to an aromatic ring is 1. The molecular weight excluding hydrogens is 306 g/mol. The van der Waals surface area contributed by atoms with Crippen LogP contribution in [0.2, 0.25) is 0 Å². The molecule has 6 heteroatoms. The maximum Gasteiger partial charge on any atom is 0.241 e. The molecule has 0 aliphatic heterocycles. The van der Waals surface area contributed by atoms with Crippen LogP contribution >= 0.6 is 0 Å². The lowest BCUT2D eigenvalue weighted by atomic mass is 9.97. The van der Waals surface area contributed by atoms with Crippen LogP contribution in [-0.4, -0.2) is 16.8 Å². The molecule has 0 aliphatic carbocycles. The van der Waals surface area contributed by atoms with E-state index in [1.54, 1.807) is 31.2 Å². The summed E-state index contributed by atoms with van der Waals surface area (Å²) in [5.41, 5.74) is 7.12. The summed E-state index contributed by atoms with van der Waals surface area (Å²) in [7, 11) is 0. The Hall–Kier alpha value is -2.63. The minimum absolute atomic E-state index is 0.0289. The SMILES string of the molecule is CC(=O)N(C(=O)Cc1oc(C(C)(C)C)nc1C)c1ccc(N)cc1. The number of benzene rings is 1. The lowest BCUT2D eigenvalue weighted by Gasteiger charge is -2.19. The van der Waals surface area contributed by atoms with Crippen LogP contribution < -0.4 is 10.6 Å². The first-order valence-corrected chi connectivity index (χ1v) is 7.75. The summed E-state index contributed by atoms with van der Waals surface area (Å²) < 4.78 is 5.74. The molecule has 2 amide bonds. The fraction of sp³-hybridized carbons (Fsp3) is 0.389. The van der Waals surface area contributed by atoms with Crippen molar-refractivity contribution in [3.63, 3.8) is 0 Å². The maximum absolute atomic E-state index is 12.6. The van der Waals surface area contributed by atoms with E-state index in [1.165, 1.54) is 6.92 Å². The number of aromatic nitrogens is 1. The van der Waals surface area contributed by atoms with Crippen LogP contribution in [0.3, 0.4) is 0 Å². The van der Waals surface area contributed by atoms with E-state index in [2.05, 4.69) is 4.98 Å². The number of carbonyl (C=O) groups is 2. The van der Waals surface area contributed by atoms with E-state index in [1.807, 2.05) is 20.8 Å². The van der Waals surface area contributed by atoms with Crippen molar-refractivity contribution in [2.24, 2.45) is 0 Å². The zero-order valence-corrected chi connectivity index (χ0v) is 14.7. The van der Waals surface area contributed by atoms with Crippen molar-refractivity contribution in [2.45, 2.75) is 46.5 Å². The molecule has 0 fully saturated rings. The molecule has 0 unspecified atom stereocenters. The second-order valence-electron chi connectivity index (χ2n) is 6.79. The monoisotopic (exact) mass is 329 g/mol. The molecule has 1 aromatic heterocycles. The number of oxazole rings is 1. The number of imide groups is 1. The van der Waals surface area contributed by atoms with E-state index in [-0.39, 0.29) is 23.7 Å². The van der Waals surface area contributed by atoms with Crippen molar-refractivity contribution >= 4 is 23.2 Å². The average Bonchev–Trinajstić information content (AvgIpc) is 2.82. The third kappa shape index (κ3) is 3.82. The fourth-order valence-electron chi connectivity index (χ4n) is 2.25. The van der Waals surface area contributed by atoms with E-state index < -0.39 is 0 Å². The van der Waals surface area contributed by atoms with Gasteiger partial charge < -0.3 is 10.2 Å². The molecule has 24 heavy (non-hydrogen) atoms. The zero-order chi connectivity index (χ0) is 18.1. The number of hydrogen-bond donors (Lipinski definition) is 1. The highest BCUT2D eigenvalue weighted by Crippen LogP contribution is 2.25. The molecule has 0 radical (unpaired) electrons. The molecular formula is C18H23N3O3. The molecule has 2 N–H and O–H groups in total. The Balaban J connectivity index is 2.28. The van der Waals surface area contributed by atoms with Crippen molar-refractivity contribution in [1.29, 1.82) is 0 Å². The van der Waals surface area contributed by atoms with Crippen molar-refractivity contribution in [1.82, 2.24) is 4.98 Å². The van der Waals surface area contributed by atoms with Crippen LogP contribution in [0.1, 0.15) is 45.0 Å². The Labute approximate surface area is 141 Å². The Morgan fingerprint density at radius 2 is 1.79 bits per heavy atom. The van der Waals surface area contributed by atoms with Crippen molar-refractivity contribution in [2.75, 3.05) is 10.6 Å². The number of carbonyl (C=O) groups excluding carboxylic acids is 2. The van der Waals surface area contributed by atoms with Gasteiger partial charge in [0, 0.05) is 18.0 Å². The van der Waals surface area contributed by atoms with Gasteiger partial charge in [0.2, 0.25) is 11.8 Å². The van der Waals surface area contributed by atoms with Gasteiger partial charge in [0.15, 0.2) is 5.89 Å². The van der Waals surface area contributed by atoms with Gasteiger partial charge in [0.05, 0.1) is 17.8 Å². The summed E-state index contributed by atoms with van der Waals surface area (Å²) in [6, 6.07) is 6.58. The van der Waals surface area contributed by atoms with Gasteiger partial charge in [0.25, 0.3) is 0 Å². The summed E-state index contributed by atoms with van der Waals surface area (Å²) in [5.74, 6) is 0.321. The summed E-state index contributed by atoms with van der Waals surface area (Å²) in [6.45, 7) is 9.10. The molecule has 0 bridgehead atoms. The van der Waals surface area contributed by atoms with E-state index in [0.717, 1.165) is 4.90 Å². The van der Waals surface area contributed by atoms with E-state index in [0.29, 0.717) is 28.7 Å². The molecule has 128 valence electrons. The number of nitrogens with zero attached hydrogens (tertiary/aromatic N) is 2. The summed E-state index contributed by atoms with van der Waals surface area (Å²) in [6.07, 6.45) is -0.0289. The van der Waals surface area contributed by atoms with Gasteiger partial charge in [-0.05, 0) is 31.2 Å². The molecule has 2 rings (SSSR count). The first-order valence-electron chi connectivity index (χ1n) is 7.75. The average molecular weight is 329 g/mol. The molecule has 0 aliphatic rings. The van der Waals surface area contributed by atoms with Crippen LogP contribution in [-0.2, 0) is 21.4 Å². The summed E-state index contributed by atoms with van der Waals surface area (Å²) in [5, 5.41) is 0. The Kier molecular flexibility index (Phi) is 4.78. The highest BCUT2D eigenvalue weighted by Gasteiger charge is 2.26. The van der Waals surface area contributed by atoms with E-state index in [9.17, 15) is 9.59 Å². The van der Waals surface area contributed by atoms with Crippen LogP contribution in [0.25, 0.3) is 0 Å². The number of anilines is 2. The highest BCUT2D eigenvalue weighted by molar-refractivity contribution is 6.14. The second-order valence-corrected chi connectivity index (χ2v) is 6.79. The fourth-order valence-corrected chi connectivity index (χ4v) is 2.25. The highest BCUT2D eigenvalue weighted by atomic mass is 16.4. The quantitative estimate of drug-likeness (QED) is 0.874. The number of hydrogen-bond acceptors (Lipinski definition) is 5. The minimum atomic E-state index is -0.369. The first-order chi connectivity index (χ1) is 11.1. The lowest BCUT2D eigenvalue weighted by Crippen LogP contribution is -2.36. The lowest BCUT2D eigenvalue weighted by molar-refractivity contribution is -0.125. The standard InChI is InChI=1S/C18H23N3O3/c1-11-15(24-17(20-11)18(3,4)5)10-16(23)21(12(2)22)14-8-6-13(19)7-9-14/h6-9H,10,19H2,1-5H3. The maximum atomic E-state index is 12.6. The third-order valence-corrected chi connectivity index (χ3v) is 3.56. The molecule has 0 saturated carbocycles. The molecule has 0 spiro atoms. The largest absolute Gasteiger partial charge is 0.444 e. The molecule has 0 saturated heterocycles. The summed E-state index contributed by atoms with van der Waals surface area (Å²) in [4.78, 5) is 30.1. The van der Waals surface area contributed by atoms with Crippen molar-refractivity contribution in [3.05, 3.63) is 41.6 Å². The number of rotatable bonds is 3. The van der Waals surface area contributed by atoms with Gasteiger partial charge >= 0.3 is 0 Å². The van der Waals surface area contributed by atoms with Gasteiger partial charge in [0.1, 0.15) is 5.76 Å². The van der Waals surface area contributed by atoms with Gasteiger partial charge in [-0.2, -0.15) is 0 Å².